The van der Waals surface area contributed by atoms with Crippen molar-refractivity contribution in [3.63, 3.8) is 0 Å². The van der Waals surface area contributed by atoms with Gasteiger partial charge in [0.2, 0.25) is 0 Å². The average molecular weight is 209 g/mol. The number of carbonyl (C=O) groups excluding carboxylic acids is 1. The van der Waals surface area contributed by atoms with E-state index >= 15 is 0 Å². The molecular formula is C8H13F2NO3. The van der Waals surface area contributed by atoms with Gasteiger partial charge in [0.25, 0.3) is 5.91 Å². The first kappa shape index (κ1) is 11.3. The molecule has 0 aromatic carbocycles. The summed E-state index contributed by atoms with van der Waals surface area (Å²) in [7, 11) is 0. The Bertz CT molecular complexity index is 225. The third-order valence-electron chi connectivity index (χ3n) is 2.43. The summed E-state index contributed by atoms with van der Waals surface area (Å²) in [6, 6.07) is 0. The summed E-state index contributed by atoms with van der Waals surface area (Å²) in [5.41, 5.74) is -1.22. The normalized spacial score (nSPS) is 32.2. The lowest BCUT2D eigenvalue weighted by molar-refractivity contribution is -0.133. The third-order valence-corrected chi connectivity index (χ3v) is 2.43. The fourth-order valence-electron chi connectivity index (χ4n) is 1.32. The number of carbonyl (C=O) groups is 1. The van der Waals surface area contributed by atoms with E-state index in [4.69, 9.17) is 4.74 Å². The first-order valence-electron chi connectivity index (χ1n) is 4.35. The van der Waals surface area contributed by atoms with Crippen LogP contribution in [0.25, 0.3) is 0 Å². The van der Waals surface area contributed by atoms with Crippen LogP contribution in [0.4, 0.5) is 8.78 Å². The Labute approximate surface area is 80.2 Å². The maximum Gasteiger partial charge on any atom is 0.315 e. The van der Waals surface area contributed by atoms with Gasteiger partial charge in [-0.3, -0.25) is 4.79 Å². The van der Waals surface area contributed by atoms with Crippen molar-refractivity contribution < 1.29 is 23.4 Å². The summed E-state index contributed by atoms with van der Waals surface area (Å²) >= 11 is 0. The predicted molar refractivity (Wildman–Crippen MR) is 44.0 cm³/mol. The van der Waals surface area contributed by atoms with E-state index in [2.05, 4.69) is 0 Å². The van der Waals surface area contributed by atoms with Crippen molar-refractivity contribution in [2.24, 2.45) is 0 Å². The average Bonchev–Trinajstić information content (AvgIpc) is 2.44. The van der Waals surface area contributed by atoms with E-state index in [1.807, 2.05) is 5.32 Å². The highest BCUT2D eigenvalue weighted by Gasteiger charge is 2.40. The molecule has 1 amide bonds. The Hall–Kier alpha value is -0.750. The Morgan fingerprint density at radius 1 is 1.79 bits per heavy atom. The van der Waals surface area contributed by atoms with Crippen LogP contribution in [0.5, 0.6) is 0 Å². The van der Waals surface area contributed by atoms with Crippen molar-refractivity contribution in [3.8, 4) is 0 Å². The summed E-state index contributed by atoms with van der Waals surface area (Å²) < 4.78 is 28.7. The number of alkyl halides is 2. The fraction of sp³-hybridized carbons (Fsp3) is 0.875. The quantitative estimate of drug-likeness (QED) is 0.682. The Kier molecular flexibility index (Phi) is 3.38. The smallest absolute Gasteiger partial charge is 0.315 e. The highest BCUT2D eigenvalue weighted by molar-refractivity contribution is 5.79. The zero-order chi connectivity index (χ0) is 10.8. The third kappa shape index (κ3) is 2.39. The molecule has 1 saturated heterocycles. The number of ether oxygens (including phenoxy) is 1. The van der Waals surface area contributed by atoms with Gasteiger partial charge in [0.1, 0.15) is 5.60 Å². The lowest BCUT2D eigenvalue weighted by atomic mass is 9.97. The van der Waals surface area contributed by atoms with Crippen molar-refractivity contribution in [1.82, 2.24) is 5.32 Å². The van der Waals surface area contributed by atoms with Crippen LogP contribution < -0.4 is 5.32 Å². The van der Waals surface area contributed by atoms with Crippen LogP contribution in [-0.4, -0.2) is 42.3 Å². The van der Waals surface area contributed by atoms with E-state index in [0.29, 0.717) is 13.0 Å². The van der Waals surface area contributed by atoms with Crippen molar-refractivity contribution in [1.29, 1.82) is 0 Å². The number of amides is 1. The largest absolute Gasteiger partial charge is 0.385 e. The number of aliphatic hydroxyl groups is 1. The molecule has 1 fully saturated rings. The van der Waals surface area contributed by atoms with Gasteiger partial charge < -0.3 is 15.2 Å². The fourth-order valence-corrected chi connectivity index (χ4v) is 1.32. The van der Waals surface area contributed by atoms with Crippen molar-refractivity contribution >= 4 is 5.91 Å². The monoisotopic (exact) mass is 209 g/mol. The van der Waals surface area contributed by atoms with E-state index in [9.17, 15) is 18.7 Å². The lowest BCUT2D eigenvalue weighted by Gasteiger charge is -2.25. The van der Waals surface area contributed by atoms with Crippen molar-refractivity contribution in [2.75, 3.05) is 13.2 Å². The molecule has 1 heterocycles. The highest BCUT2D eigenvalue weighted by atomic mass is 19.3. The van der Waals surface area contributed by atoms with E-state index in [1.165, 1.54) is 0 Å². The first-order valence-corrected chi connectivity index (χ1v) is 4.35. The molecule has 1 rings (SSSR count). The Morgan fingerprint density at radius 2 is 2.43 bits per heavy atom. The molecule has 2 N–H and O–H groups in total. The summed E-state index contributed by atoms with van der Waals surface area (Å²) in [4.78, 5) is 10.5. The second-order valence-electron chi connectivity index (χ2n) is 3.39. The Morgan fingerprint density at radius 3 is 2.86 bits per heavy atom. The van der Waals surface area contributed by atoms with Crippen LogP contribution in [0.3, 0.4) is 0 Å². The van der Waals surface area contributed by atoms with E-state index in [1.54, 1.807) is 6.92 Å². The summed E-state index contributed by atoms with van der Waals surface area (Å²) in [6.07, 6.45) is -3.14. The molecule has 1 aliphatic heterocycles. The summed E-state index contributed by atoms with van der Waals surface area (Å²) in [5, 5.41) is 11.8. The standard InChI is InChI=1S/C8H13F2NO3/c1-5-8(13,2-3-14-5)4-11-7(12)6(9)10/h5-6,13H,2-4H2,1H3,(H,11,12). The minimum absolute atomic E-state index is 0.197. The number of nitrogens with one attached hydrogen (secondary N) is 1. The molecule has 0 radical (unpaired) electrons. The molecule has 0 aliphatic carbocycles. The molecule has 2 unspecified atom stereocenters. The van der Waals surface area contributed by atoms with Gasteiger partial charge in [0.15, 0.2) is 0 Å². The topological polar surface area (TPSA) is 58.6 Å². The number of hydrogen-bond donors (Lipinski definition) is 2. The van der Waals surface area contributed by atoms with Gasteiger partial charge in [0.05, 0.1) is 6.10 Å². The maximum absolute atomic E-state index is 11.8. The molecule has 1 aliphatic rings. The number of hydrogen-bond acceptors (Lipinski definition) is 3. The van der Waals surface area contributed by atoms with Gasteiger partial charge in [-0.2, -0.15) is 8.78 Å². The lowest BCUT2D eigenvalue weighted by Crippen LogP contribution is -2.48. The summed E-state index contributed by atoms with van der Waals surface area (Å²) in [5.74, 6) is -1.36. The maximum atomic E-state index is 11.8. The molecule has 4 nitrogen and oxygen atoms in total. The Balaban J connectivity index is 2.40. The molecule has 0 spiro atoms. The van der Waals surface area contributed by atoms with Gasteiger partial charge in [-0.15, -0.1) is 0 Å². The highest BCUT2D eigenvalue weighted by Crippen LogP contribution is 2.24. The van der Waals surface area contributed by atoms with Gasteiger partial charge in [-0.05, 0) is 6.92 Å². The molecule has 0 aromatic rings. The van der Waals surface area contributed by atoms with Crippen molar-refractivity contribution in [3.05, 3.63) is 0 Å². The van der Waals surface area contributed by atoms with E-state index in [0.717, 1.165) is 0 Å². The van der Waals surface area contributed by atoms with Crippen molar-refractivity contribution in [2.45, 2.75) is 31.5 Å². The van der Waals surface area contributed by atoms with Crippen LogP contribution in [0.2, 0.25) is 0 Å². The number of rotatable bonds is 3. The minimum Gasteiger partial charge on any atom is -0.385 e. The van der Waals surface area contributed by atoms with Gasteiger partial charge in [-0.1, -0.05) is 0 Å². The second-order valence-corrected chi connectivity index (χ2v) is 3.39. The molecule has 6 heteroatoms. The SMILES string of the molecule is CC1OCCC1(O)CNC(=O)C(F)F. The van der Waals surface area contributed by atoms with E-state index in [-0.39, 0.29) is 6.54 Å². The van der Waals surface area contributed by atoms with E-state index < -0.39 is 24.0 Å². The van der Waals surface area contributed by atoms with Gasteiger partial charge >= 0.3 is 6.43 Å². The van der Waals surface area contributed by atoms with Crippen LogP contribution in [0.15, 0.2) is 0 Å². The molecule has 82 valence electrons. The van der Waals surface area contributed by atoms with Gasteiger partial charge in [0, 0.05) is 19.6 Å². The molecule has 2 atom stereocenters. The predicted octanol–water partition coefficient (Wildman–Crippen LogP) is -0.0924. The first-order chi connectivity index (χ1) is 6.46. The molecule has 0 bridgehead atoms. The van der Waals surface area contributed by atoms with Gasteiger partial charge in [-0.25, -0.2) is 0 Å². The molecule has 0 aromatic heterocycles. The van der Waals surface area contributed by atoms with Crippen LogP contribution in [0, 0.1) is 0 Å². The number of halogens is 2. The second kappa shape index (κ2) is 4.18. The molecular weight excluding hydrogens is 196 g/mol. The zero-order valence-electron chi connectivity index (χ0n) is 7.80. The van der Waals surface area contributed by atoms with Crippen LogP contribution >= 0.6 is 0 Å². The zero-order valence-corrected chi connectivity index (χ0v) is 7.80. The molecule has 0 saturated carbocycles. The minimum atomic E-state index is -3.05. The summed E-state index contributed by atoms with van der Waals surface area (Å²) in [6.45, 7) is 1.82. The van der Waals surface area contributed by atoms with Crippen LogP contribution in [0.1, 0.15) is 13.3 Å². The van der Waals surface area contributed by atoms with Crippen LogP contribution in [-0.2, 0) is 9.53 Å². The molecule has 14 heavy (non-hydrogen) atoms.